The van der Waals surface area contributed by atoms with E-state index in [0.717, 1.165) is 24.4 Å². The third-order valence-electron chi connectivity index (χ3n) is 5.08. The van der Waals surface area contributed by atoms with Gasteiger partial charge in [0.15, 0.2) is 5.96 Å². The molecule has 1 aliphatic rings. The third kappa shape index (κ3) is 7.32. The van der Waals surface area contributed by atoms with E-state index >= 15 is 0 Å². The lowest BCUT2D eigenvalue weighted by atomic mass is 10.2. The molecule has 2 aromatic rings. The second-order valence-corrected chi connectivity index (χ2v) is 7.45. The summed E-state index contributed by atoms with van der Waals surface area (Å²) in [5.41, 5.74) is 1.12. The van der Waals surface area contributed by atoms with Crippen LogP contribution in [0.5, 0.6) is 0 Å². The van der Waals surface area contributed by atoms with Crippen molar-refractivity contribution in [1.82, 2.24) is 20.4 Å². The summed E-state index contributed by atoms with van der Waals surface area (Å²) in [5, 5.41) is 6.58. The third-order valence-corrected chi connectivity index (χ3v) is 5.08. The van der Waals surface area contributed by atoms with Gasteiger partial charge in [-0.05, 0) is 43.6 Å². The summed E-state index contributed by atoms with van der Waals surface area (Å²) in [5.74, 6) is 1.58. The Balaban J connectivity index is 0.00000320. The summed E-state index contributed by atoms with van der Waals surface area (Å²) in [7, 11) is 3.50. The summed E-state index contributed by atoms with van der Waals surface area (Å²) < 4.78 is 5.70. The standard InChI is InChI=1S/C22H31N5O2.HI/c1-26(2)21(28)17-25-22(23-15-18-9-4-3-5-10-18)24-16-19(20-11-8-14-29-20)27-12-6-7-13-27;/h3-5,8-11,14,19H,6-7,12-13,15-17H2,1-2H3,(H2,23,24,25);1H. The van der Waals surface area contributed by atoms with E-state index in [1.165, 1.54) is 12.8 Å². The number of carbonyl (C=O) groups excluding carboxylic acids is 1. The lowest BCUT2D eigenvalue weighted by Crippen LogP contribution is -2.45. The molecule has 1 fully saturated rings. The van der Waals surface area contributed by atoms with Gasteiger partial charge in [-0.15, -0.1) is 24.0 Å². The molecule has 1 aromatic carbocycles. The van der Waals surface area contributed by atoms with Gasteiger partial charge in [-0.1, -0.05) is 30.3 Å². The van der Waals surface area contributed by atoms with E-state index in [1.807, 2.05) is 42.5 Å². The highest BCUT2D eigenvalue weighted by Crippen LogP contribution is 2.24. The highest BCUT2D eigenvalue weighted by molar-refractivity contribution is 14.0. The average molecular weight is 525 g/mol. The van der Waals surface area contributed by atoms with E-state index < -0.39 is 0 Å². The lowest BCUT2D eigenvalue weighted by molar-refractivity contribution is -0.127. The minimum absolute atomic E-state index is 0. The van der Waals surface area contributed by atoms with Crippen LogP contribution in [0.25, 0.3) is 0 Å². The van der Waals surface area contributed by atoms with E-state index in [9.17, 15) is 4.79 Å². The molecule has 164 valence electrons. The van der Waals surface area contributed by atoms with Crippen LogP contribution in [0.15, 0.2) is 58.1 Å². The van der Waals surface area contributed by atoms with Crippen LogP contribution >= 0.6 is 24.0 Å². The Morgan fingerprint density at radius 2 is 1.87 bits per heavy atom. The van der Waals surface area contributed by atoms with Crippen molar-refractivity contribution >= 4 is 35.8 Å². The van der Waals surface area contributed by atoms with Gasteiger partial charge in [0.1, 0.15) is 5.76 Å². The Morgan fingerprint density at radius 1 is 1.13 bits per heavy atom. The average Bonchev–Trinajstić information content (AvgIpc) is 3.45. The number of nitrogens with zero attached hydrogens (tertiary/aromatic N) is 3. The first-order valence-corrected chi connectivity index (χ1v) is 10.2. The van der Waals surface area contributed by atoms with Gasteiger partial charge in [-0.2, -0.15) is 0 Å². The van der Waals surface area contributed by atoms with Gasteiger partial charge < -0.3 is 20.0 Å². The number of carbonyl (C=O) groups is 1. The number of furan rings is 1. The van der Waals surface area contributed by atoms with Gasteiger partial charge in [-0.25, -0.2) is 4.99 Å². The molecule has 1 aromatic heterocycles. The zero-order valence-electron chi connectivity index (χ0n) is 17.7. The van der Waals surface area contributed by atoms with E-state index in [2.05, 4.69) is 20.5 Å². The van der Waals surface area contributed by atoms with Gasteiger partial charge in [0, 0.05) is 20.6 Å². The predicted octanol–water partition coefficient (Wildman–Crippen LogP) is 2.86. The van der Waals surface area contributed by atoms with E-state index in [0.29, 0.717) is 19.0 Å². The van der Waals surface area contributed by atoms with Crippen LogP contribution in [0.2, 0.25) is 0 Å². The van der Waals surface area contributed by atoms with Crippen LogP contribution in [0.3, 0.4) is 0 Å². The topological polar surface area (TPSA) is 73.1 Å². The van der Waals surface area contributed by atoms with Crippen molar-refractivity contribution in [3.63, 3.8) is 0 Å². The molecule has 30 heavy (non-hydrogen) atoms. The summed E-state index contributed by atoms with van der Waals surface area (Å²) in [4.78, 5) is 20.7. The largest absolute Gasteiger partial charge is 0.468 e. The fraction of sp³-hybridized carbons (Fsp3) is 0.455. The zero-order valence-corrected chi connectivity index (χ0v) is 20.0. The molecule has 7 nitrogen and oxygen atoms in total. The quantitative estimate of drug-likeness (QED) is 0.315. The second kappa shape index (κ2) is 12.6. The Labute approximate surface area is 195 Å². The van der Waals surface area contributed by atoms with Crippen LogP contribution in [-0.4, -0.2) is 61.9 Å². The number of likely N-dealkylation sites (N-methyl/N-ethyl adjacent to an activating group) is 1. The number of guanidine groups is 1. The molecule has 0 spiro atoms. The second-order valence-electron chi connectivity index (χ2n) is 7.45. The smallest absolute Gasteiger partial charge is 0.241 e. The number of halogens is 1. The predicted molar refractivity (Wildman–Crippen MR) is 130 cm³/mol. The van der Waals surface area contributed by atoms with Crippen molar-refractivity contribution < 1.29 is 9.21 Å². The summed E-state index contributed by atoms with van der Waals surface area (Å²) in [6.45, 7) is 3.53. The maximum atomic E-state index is 12.0. The maximum absolute atomic E-state index is 12.0. The number of benzene rings is 1. The van der Waals surface area contributed by atoms with Gasteiger partial charge in [0.25, 0.3) is 0 Å². The molecule has 3 rings (SSSR count). The number of hydrogen-bond acceptors (Lipinski definition) is 4. The molecular weight excluding hydrogens is 493 g/mol. The minimum Gasteiger partial charge on any atom is -0.468 e. The molecule has 2 N–H and O–H groups in total. The molecule has 1 atom stereocenters. The monoisotopic (exact) mass is 525 g/mol. The fourth-order valence-electron chi connectivity index (χ4n) is 3.38. The summed E-state index contributed by atoms with van der Waals surface area (Å²) >= 11 is 0. The maximum Gasteiger partial charge on any atom is 0.241 e. The van der Waals surface area contributed by atoms with Crippen molar-refractivity contribution in [2.75, 3.05) is 40.3 Å². The van der Waals surface area contributed by atoms with E-state index in [4.69, 9.17) is 4.42 Å². The molecular formula is C22H32IN5O2. The van der Waals surface area contributed by atoms with Gasteiger partial charge in [0.2, 0.25) is 5.91 Å². The summed E-state index contributed by atoms with van der Waals surface area (Å²) in [6.07, 6.45) is 4.14. The van der Waals surface area contributed by atoms with Gasteiger partial charge >= 0.3 is 0 Å². The first-order chi connectivity index (χ1) is 14.1. The highest BCUT2D eigenvalue weighted by Gasteiger charge is 2.25. The molecule has 0 radical (unpaired) electrons. The van der Waals surface area contributed by atoms with Crippen molar-refractivity contribution in [2.24, 2.45) is 4.99 Å². The molecule has 0 aliphatic carbocycles. The lowest BCUT2D eigenvalue weighted by Gasteiger charge is -2.27. The van der Waals surface area contributed by atoms with E-state index in [1.54, 1.807) is 25.3 Å². The van der Waals surface area contributed by atoms with Gasteiger partial charge in [0.05, 0.1) is 25.4 Å². The Kier molecular flexibility index (Phi) is 10.2. The SMILES string of the molecule is CN(C)C(=O)CNC(=NCc1ccccc1)NCC(c1ccco1)N1CCCC1.I. The molecule has 1 saturated heterocycles. The van der Waals surface area contributed by atoms with Crippen LogP contribution in [0, 0.1) is 0 Å². The number of likely N-dealkylation sites (tertiary alicyclic amines) is 1. The Bertz CT molecular complexity index is 774. The Hall–Kier alpha value is -2.07. The first-order valence-electron chi connectivity index (χ1n) is 10.2. The molecule has 0 bridgehead atoms. The van der Waals surface area contributed by atoms with Crippen LogP contribution in [-0.2, 0) is 11.3 Å². The number of rotatable bonds is 8. The van der Waals surface area contributed by atoms with Crippen molar-refractivity contribution in [1.29, 1.82) is 0 Å². The molecule has 1 aliphatic heterocycles. The first kappa shape index (κ1) is 24.2. The Morgan fingerprint density at radius 3 is 2.50 bits per heavy atom. The van der Waals surface area contributed by atoms with E-state index in [-0.39, 0.29) is 42.5 Å². The molecule has 0 saturated carbocycles. The number of nitrogens with one attached hydrogen (secondary N) is 2. The molecule has 8 heteroatoms. The molecule has 1 amide bonds. The zero-order chi connectivity index (χ0) is 20.5. The van der Waals surface area contributed by atoms with Crippen LogP contribution in [0.1, 0.15) is 30.2 Å². The minimum atomic E-state index is 0. The van der Waals surface area contributed by atoms with Crippen LogP contribution in [0.4, 0.5) is 0 Å². The summed E-state index contributed by atoms with van der Waals surface area (Å²) in [6, 6.07) is 14.2. The van der Waals surface area contributed by atoms with Crippen molar-refractivity contribution in [2.45, 2.75) is 25.4 Å². The fourth-order valence-corrected chi connectivity index (χ4v) is 3.38. The normalized spacial score (nSPS) is 15.3. The van der Waals surface area contributed by atoms with Crippen molar-refractivity contribution in [3.05, 3.63) is 60.1 Å². The number of hydrogen-bond donors (Lipinski definition) is 2. The number of aliphatic imine (C=N–C) groups is 1. The van der Waals surface area contributed by atoms with Crippen LogP contribution < -0.4 is 10.6 Å². The number of amides is 1. The van der Waals surface area contributed by atoms with Gasteiger partial charge in [-0.3, -0.25) is 9.69 Å². The highest BCUT2D eigenvalue weighted by atomic mass is 127. The molecule has 1 unspecified atom stereocenters. The van der Waals surface area contributed by atoms with Crippen molar-refractivity contribution in [3.8, 4) is 0 Å². The molecule has 2 heterocycles.